The van der Waals surface area contributed by atoms with Crippen LogP contribution in [0.3, 0.4) is 0 Å². The Morgan fingerprint density at radius 3 is 2.12 bits per heavy atom. The number of nitrogens with zero attached hydrogens (tertiary/aromatic N) is 1. The highest BCUT2D eigenvalue weighted by Crippen LogP contribution is 2.43. The van der Waals surface area contributed by atoms with Gasteiger partial charge in [-0.3, -0.25) is 0 Å². The van der Waals surface area contributed by atoms with E-state index in [2.05, 4.69) is 95.7 Å². The summed E-state index contributed by atoms with van der Waals surface area (Å²) in [6.07, 6.45) is 0. The molecule has 3 nitrogen and oxygen atoms in total. The summed E-state index contributed by atoms with van der Waals surface area (Å²) in [5.74, 6) is 0. The SMILES string of the molecule is CC(C)(O[B]c1cc2c3ccccc3n(-c3ccccc3)c2c2ccccc12)C(C)(O)PS. The van der Waals surface area contributed by atoms with Crippen LogP contribution in [0.15, 0.2) is 84.9 Å². The predicted octanol–water partition coefficient (Wildman–Crippen LogP) is 6.21. The monoisotopic (exact) mass is 470 g/mol. The second-order valence-electron chi connectivity index (χ2n) is 9.03. The van der Waals surface area contributed by atoms with Gasteiger partial charge in [0.05, 0.1) is 16.6 Å². The highest BCUT2D eigenvalue weighted by molar-refractivity contribution is 8.38. The van der Waals surface area contributed by atoms with Crippen LogP contribution < -0.4 is 5.46 Å². The summed E-state index contributed by atoms with van der Waals surface area (Å²) >= 11 is 4.34. The Balaban J connectivity index is 1.77. The van der Waals surface area contributed by atoms with Crippen LogP contribution in [-0.2, 0) is 4.65 Å². The molecule has 0 bridgehead atoms. The zero-order chi connectivity index (χ0) is 23.2. The Kier molecular flexibility index (Phi) is 5.78. The van der Waals surface area contributed by atoms with E-state index >= 15 is 0 Å². The molecule has 1 heterocycles. The van der Waals surface area contributed by atoms with Crippen LogP contribution in [0.1, 0.15) is 20.8 Å². The minimum absolute atomic E-state index is 0.0451. The number of hydrogen-bond acceptors (Lipinski definition) is 3. The van der Waals surface area contributed by atoms with E-state index in [9.17, 15) is 5.11 Å². The number of rotatable bonds is 6. The van der Waals surface area contributed by atoms with Crippen molar-refractivity contribution in [3.63, 3.8) is 0 Å². The molecule has 0 aliphatic carbocycles. The van der Waals surface area contributed by atoms with E-state index in [1.807, 2.05) is 19.9 Å². The van der Waals surface area contributed by atoms with Crippen molar-refractivity contribution in [2.75, 3.05) is 0 Å². The van der Waals surface area contributed by atoms with Crippen LogP contribution in [0.2, 0.25) is 0 Å². The summed E-state index contributed by atoms with van der Waals surface area (Å²) in [5, 5.41) is 14.4. The number of aromatic nitrogens is 1. The van der Waals surface area contributed by atoms with E-state index in [0.717, 1.165) is 21.9 Å². The Hall–Kier alpha value is -2.30. The van der Waals surface area contributed by atoms with Crippen molar-refractivity contribution in [3.8, 4) is 5.69 Å². The first-order valence-corrected chi connectivity index (χ1v) is 13.3. The molecule has 2 atom stereocenters. The first kappa shape index (κ1) is 22.5. The predicted molar refractivity (Wildman–Crippen MR) is 147 cm³/mol. The Bertz CT molecular complexity index is 1460. The van der Waals surface area contributed by atoms with Crippen LogP contribution in [0, 0.1) is 0 Å². The molecule has 0 amide bonds. The van der Waals surface area contributed by atoms with Crippen LogP contribution in [0.25, 0.3) is 38.3 Å². The molecule has 0 spiro atoms. The molecule has 0 saturated heterocycles. The van der Waals surface area contributed by atoms with Crippen molar-refractivity contribution in [3.05, 3.63) is 84.9 Å². The van der Waals surface area contributed by atoms with Crippen molar-refractivity contribution in [2.45, 2.75) is 31.7 Å². The van der Waals surface area contributed by atoms with Crippen molar-refractivity contribution in [2.24, 2.45) is 0 Å². The molecular formula is C27H26BNO2PS. The average molecular weight is 470 g/mol. The van der Waals surface area contributed by atoms with Gasteiger partial charge in [0.1, 0.15) is 5.34 Å². The van der Waals surface area contributed by atoms with Gasteiger partial charge < -0.3 is 14.3 Å². The van der Waals surface area contributed by atoms with Crippen LogP contribution in [-0.4, -0.2) is 28.1 Å². The third-order valence-corrected chi connectivity index (χ3v) is 8.94. The molecule has 0 aliphatic rings. The molecular weight excluding hydrogens is 444 g/mol. The molecule has 1 aromatic heterocycles. The van der Waals surface area contributed by atoms with Crippen molar-refractivity contribution in [1.29, 1.82) is 0 Å². The van der Waals surface area contributed by atoms with Gasteiger partial charge in [-0.1, -0.05) is 66.7 Å². The molecule has 0 aliphatic heterocycles. The molecule has 33 heavy (non-hydrogen) atoms. The normalized spacial score (nSPS) is 14.5. The fraction of sp³-hybridized carbons (Fsp3) is 0.185. The zero-order valence-electron chi connectivity index (χ0n) is 18.9. The lowest BCUT2D eigenvalue weighted by Crippen LogP contribution is -2.48. The fourth-order valence-electron chi connectivity index (χ4n) is 4.25. The number of hydrogen-bond donors (Lipinski definition) is 2. The van der Waals surface area contributed by atoms with Gasteiger partial charge in [-0.2, -0.15) is 12.2 Å². The van der Waals surface area contributed by atoms with Crippen LogP contribution in [0.5, 0.6) is 0 Å². The lowest BCUT2D eigenvalue weighted by Gasteiger charge is -2.39. The maximum atomic E-state index is 10.8. The summed E-state index contributed by atoms with van der Waals surface area (Å²) in [6.45, 7) is 5.56. The largest absolute Gasteiger partial charge is 0.426 e. The van der Waals surface area contributed by atoms with E-state index in [4.69, 9.17) is 4.65 Å². The number of thiol groups is 1. The summed E-state index contributed by atoms with van der Waals surface area (Å²) in [4.78, 5) is 0. The quantitative estimate of drug-likeness (QED) is 0.176. The van der Waals surface area contributed by atoms with E-state index in [-0.39, 0.29) is 7.78 Å². The van der Waals surface area contributed by atoms with Gasteiger partial charge in [-0.25, -0.2) is 0 Å². The summed E-state index contributed by atoms with van der Waals surface area (Å²) in [7, 11) is 1.84. The number of aliphatic hydroxyl groups is 1. The highest BCUT2D eigenvalue weighted by atomic mass is 32.7. The van der Waals surface area contributed by atoms with Crippen LogP contribution in [0.4, 0.5) is 0 Å². The highest BCUT2D eigenvalue weighted by Gasteiger charge is 2.39. The fourth-order valence-corrected chi connectivity index (χ4v) is 5.39. The zero-order valence-corrected chi connectivity index (χ0v) is 20.8. The Labute approximate surface area is 202 Å². The first-order valence-electron chi connectivity index (χ1n) is 11.0. The Morgan fingerprint density at radius 1 is 0.818 bits per heavy atom. The van der Waals surface area contributed by atoms with Crippen molar-refractivity contribution >= 4 is 65.6 Å². The third kappa shape index (κ3) is 3.78. The molecule has 1 N–H and O–H groups in total. The molecule has 4 aromatic carbocycles. The molecule has 2 unspecified atom stereocenters. The minimum Gasteiger partial charge on any atom is -0.426 e. The van der Waals surface area contributed by atoms with Gasteiger partial charge in [-0.15, -0.1) is 0 Å². The second kappa shape index (κ2) is 8.49. The van der Waals surface area contributed by atoms with Gasteiger partial charge in [-0.05, 0) is 57.6 Å². The summed E-state index contributed by atoms with van der Waals surface area (Å²) < 4.78 is 8.55. The topological polar surface area (TPSA) is 34.4 Å². The Morgan fingerprint density at radius 2 is 1.42 bits per heavy atom. The van der Waals surface area contributed by atoms with Gasteiger partial charge in [0.2, 0.25) is 0 Å². The molecule has 165 valence electrons. The molecule has 1 radical (unpaired) electrons. The molecule has 5 aromatic rings. The number of para-hydroxylation sites is 2. The van der Waals surface area contributed by atoms with Gasteiger partial charge >= 0.3 is 7.48 Å². The van der Waals surface area contributed by atoms with Gasteiger partial charge in [0, 0.05) is 21.8 Å². The average Bonchev–Trinajstić information content (AvgIpc) is 3.17. The van der Waals surface area contributed by atoms with E-state index in [1.54, 1.807) is 14.4 Å². The van der Waals surface area contributed by atoms with E-state index in [0.29, 0.717) is 0 Å². The molecule has 0 fully saturated rings. The van der Waals surface area contributed by atoms with Crippen molar-refractivity contribution in [1.82, 2.24) is 4.57 Å². The molecule has 5 rings (SSSR count). The molecule has 6 heteroatoms. The van der Waals surface area contributed by atoms with Gasteiger partial charge in [0.15, 0.2) is 0 Å². The van der Waals surface area contributed by atoms with Crippen molar-refractivity contribution < 1.29 is 9.76 Å². The maximum Gasteiger partial charge on any atom is 0.331 e. The lowest BCUT2D eigenvalue weighted by molar-refractivity contribution is -0.0404. The first-order chi connectivity index (χ1) is 15.8. The van der Waals surface area contributed by atoms with E-state index in [1.165, 1.54) is 21.8 Å². The number of benzene rings is 4. The minimum atomic E-state index is -1.05. The lowest BCUT2D eigenvalue weighted by atomic mass is 9.81. The second-order valence-corrected chi connectivity index (χ2v) is 10.9. The smallest absolute Gasteiger partial charge is 0.331 e. The number of fused-ring (bicyclic) bond motifs is 5. The van der Waals surface area contributed by atoms with Gasteiger partial charge in [0.25, 0.3) is 0 Å². The van der Waals surface area contributed by atoms with Crippen LogP contribution >= 0.6 is 20.0 Å². The maximum absolute atomic E-state index is 10.8. The van der Waals surface area contributed by atoms with E-state index < -0.39 is 10.9 Å². The molecule has 0 saturated carbocycles. The standard InChI is InChI=1S/C27H26BNO2PS/c1-26(2,27(3,30)32-33)31-28-23-17-22-20-14-9-10-16-24(20)29(18-11-5-4-6-12-18)25(22)21-15-8-7-13-19(21)23/h4-17,30,32-33H,1-3H3. The third-order valence-electron chi connectivity index (χ3n) is 6.59. The summed E-state index contributed by atoms with van der Waals surface area (Å²) in [6, 6.07) is 29.6. The summed E-state index contributed by atoms with van der Waals surface area (Å²) in [5.41, 5.74) is 3.68.